The lowest BCUT2D eigenvalue weighted by atomic mass is 10.0. The summed E-state index contributed by atoms with van der Waals surface area (Å²) in [7, 11) is 0.647. The van der Waals surface area contributed by atoms with Crippen LogP contribution in [0.2, 0.25) is 0 Å². The van der Waals surface area contributed by atoms with Crippen molar-refractivity contribution in [3.8, 4) is 17.2 Å². The van der Waals surface area contributed by atoms with Gasteiger partial charge in [-0.05, 0) is 62.9 Å². The molecule has 2 aromatic rings. The predicted octanol–water partition coefficient (Wildman–Crippen LogP) is 2.93. The highest BCUT2D eigenvalue weighted by Gasteiger charge is 2.26. The molecule has 2 aromatic carbocycles. The van der Waals surface area contributed by atoms with Crippen LogP contribution < -0.4 is 24.2 Å². The summed E-state index contributed by atoms with van der Waals surface area (Å²) in [4.78, 5) is 12.9. The first kappa shape index (κ1) is 25.5. The Labute approximate surface area is 190 Å². The van der Waals surface area contributed by atoms with E-state index in [1.54, 1.807) is 26.0 Å². The van der Waals surface area contributed by atoms with Gasteiger partial charge in [0.2, 0.25) is 15.9 Å². The fourth-order valence-corrected chi connectivity index (χ4v) is 5.31. The van der Waals surface area contributed by atoms with Crippen molar-refractivity contribution < 1.29 is 27.4 Å². The topological polar surface area (TPSA) is 103 Å². The zero-order chi connectivity index (χ0) is 24.2. The number of sulfonamides is 1. The number of carbonyl (C=O) groups is 1. The molecule has 2 rings (SSSR count). The molecule has 176 valence electrons. The molecule has 32 heavy (non-hydrogen) atoms. The number of ether oxygens (including phenoxy) is 3. The molecule has 0 spiro atoms. The predicted molar refractivity (Wildman–Crippen MR) is 123 cm³/mol. The maximum absolute atomic E-state index is 13.1. The van der Waals surface area contributed by atoms with Crippen molar-refractivity contribution in [2.75, 3.05) is 21.3 Å². The molecule has 0 aromatic heterocycles. The standard InChI is InChI=1S/C23H32N2O6S/c1-13-9-14(2)16(4)22(15(13)3)32(27,28)25-17(5)23(26)24-12-18-10-20(30-7)21(31-8)11-19(18)29-6/h9-11,17,25H,12H2,1-8H3,(H,24,26)/t17-/m0/s1. The largest absolute Gasteiger partial charge is 0.496 e. The van der Waals surface area contributed by atoms with Gasteiger partial charge in [-0.3, -0.25) is 4.79 Å². The number of aryl methyl sites for hydroxylation is 2. The first-order chi connectivity index (χ1) is 15.0. The fourth-order valence-electron chi connectivity index (χ4n) is 3.49. The first-order valence-electron chi connectivity index (χ1n) is 10.1. The second kappa shape index (κ2) is 10.2. The molecule has 0 aliphatic rings. The van der Waals surface area contributed by atoms with Gasteiger partial charge in [0.05, 0.1) is 32.3 Å². The third-order valence-electron chi connectivity index (χ3n) is 5.53. The lowest BCUT2D eigenvalue weighted by Crippen LogP contribution is -2.44. The first-order valence-corrected chi connectivity index (χ1v) is 11.6. The summed E-state index contributed by atoms with van der Waals surface area (Å²) in [5.74, 6) is 1.04. The van der Waals surface area contributed by atoms with Gasteiger partial charge in [0, 0.05) is 18.2 Å². The molecule has 0 saturated carbocycles. The van der Waals surface area contributed by atoms with Crippen molar-refractivity contribution in [1.82, 2.24) is 10.0 Å². The Balaban J connectivity index is 2.20. The molecule has 8 nitrogen and oxygen atoms in total. The molecule has 0 heterocycles. The zero-order valence-electron chi connectivity index (χ0n) is 19.9. The Morgan fingerprint density at radius 3 is 1.88 bits per heavy atom. The van der Waals surface area contributed by atoms with Gasteiger partial charge < -0.3 is 19.5 Å². The molecule has 0 saturated heterocycles. The summed E-state index contributed by atoms with van der Waals surface area (Å²) in [5, 5.41) is 2.75. The molecule has 0 aliphatic carbocycles. The monoisotopic (exact) mass is 464 g/mol. The number of hydrogen-bond acceptors (Lipinski definition) is 6. The van der Waals surface area contributed by atoms with Crippen LogP contribution in [-0.4, -0.2) is 41.7 Å². The van der Waals surface area contributed by atoms with E-state index in [-0.39, 0.29) is 11.4 Å². The molecule has 0 bridgehead atoms. The van der Waals surface area contributed by atoms with Gasteiger partial charge >= 0.3 is 0 Å². The molecule has 0 aliphatic heterocycles. The maximum atomic E-state index is 13.1. The third kappa shape index (κ3) is 5.34. The van der Waals surface area contributed by atoms with E-state index in [0.717, 1.165) is 11.1 Å². The van der Waals surface area contributed by atoms with E-state index in [9.17, 15) is 13.2 Å². The Bertz CT molecular complexity index is 1090. The molecule has 1 amide bonds. The summed E-state index contributed by atoms with van der Waals surface area (Å²) in [6, 6.07) is 4.34. The Morgan fingerprint density at radius 1 is 0.875 bits per heavy atom. The summed E-state index contributed by atoms with van der Waals surface area (Å²) in [6.45, 7) is 8.90. The van der Waals surface area contributed by atoms with E-state index in [1.165, 1.54) is 28.3 Å². The van der Waals surface area contributed by atoms with Gasteiger partial charge in [0.1, 0.15) is 5.75 Å². The molecule has 1 atom stereocenters. The molecular weight excluding hydrogens is 432 g/mol. The summed E-state index contributed by atoms with van der Waals surface area (Å²) in [5.41, 5.74) is 3.76. The van der Waals surface area contributed by atoms with Gasteiger partial charge in [0.15, 0.2) is 11.5 Å². The number of carbonyl (C=O) groups excluding carboxylic acids is 1. The van der Waals surface area contributed by atoms with Crippen molar-refractivity contribution in [1.29, 1.82) is 0 Å². The SMILES string of the molecule is COc1cc(OC)c(OC)cc1CNC(=O)[C@H](C)NS(=O)(=O)c1c(C)c(C)cc(C)c1C. The second-order valence-corrected chi connectivity index (χ2v) is 9.32. The van der Waals surface area contributed by atoms with E-state index in [1.807, 2.05) is 19.9 Å². The van der Waals surface area contributed by atoms with Crippen LogP contribution in [0.4, 0.5) is 0 Å². The minimum absolute atomic E-state index is 0.121. The molecule has 0 fully saturated rings. The smallest absolute Gasteiger partial charge is 0.241 e. The maximum Gasteiger partial charge on any atom is 0.241 e. The van der Waals surface area contributed by atoms with Crippen LogP contribution in [0.1, 0.15) is 34.7 Å². The highest BCUT2D eigenvalue weighted by atomic mass is 32.2. The summed E-state index contributed by atoms with van der Waals surface area (Å²) >= 11 is 0. The minimum atomic E-state index is -3.90. The van der Waals surface area contributed by atoms with Crippen LogP contribution in [0.3, 0.4) is 0 Å². The lowest BCUT2D eigenvalue weighted by Gasteiger charge is -2.19. The number of benzene rings is 2. The highest BCUT2D eigenvalue weighted by molar-refractivity contribution is 7.89. The Hall–Kier alpha value is -2.78. The average Bonchev–Trinajstić information content (AvgIpc) is 2.74. The summed E-state index contributed by atoms with van der Waals surface area (Å²) in [6.07, 6.45) is 0. The summed E-state index contributed by atoms with van der Waals surface area (Å²) < 4.78 is 44.6. The normalized spacial score (nSPS) is 12.2. The van der Waals surface area contributed by atoms with E-state index < -0.39 is 22.0 Å². The quantitative estimate of drug-likeness (QED) is 0.592. The van der Waals surface area contributed by atoms with Gasteiger partial charge in [-0.25, -0.2) is 8.42 Å². The van der Waals surface area contributed by atoms with Crippen molar-refractivity contribution in [3.05, 3.63) is 46.0 Å². The number of methoxy groups -OCH3 is 3. The Morgan fingerprint density at radius 2 is 1.38 bits per heavy atom. The van der Waals surface area contributed by atoms with Crippen molar-refractivity contribution in [2.24, 2.45) is 0 Å². The van der Waals surface area contributed by atoms with Crippen LogP contribution in [0.25, 0.3) is 0 Å². The van der Waals surface area contributed by atoms with Gasteiger partial charge in [-0.1, -0.05) is 6.07 Å². The van der Waals surface area contributed by atoms with Gasteiger partial charge in [-0.15, -0.1) is 0 Å². The second-order valence-electron chi connectivity index (χ2n) is 7.67. The van der Waals surface area contributed by atoms with Crippen LogP contribution in [-0.2, 0) is 21.4 Å². The molecule has 9 heteroatoms. The Kier molecular flexibility index (Phi) is 8.14. The number of amides is 1. The highest BCUT2D eigenvalue weighted by Crippen LogP contribution is 2.34. The average molecular weight is 465 g/mol. The molecule has 2 N–H and O–H groups in total. The number of hydrogen-bond donors (Lipinski definition) is 2. The molecule has 0 unspecified atom stereocenters. The molecule has 0 radical (unpaired) electrons. The number of rotatable bonds is 9. The van der Waals surface area contributed by atoms with Crippen molar-refractivity contribution in [2.45, 2.75) is 52.1 Å². The van der Waals surface area contributed by atoms with Crippen LogP contribution in [0.15, 0.2) is 23.1 Å². The van der Waals surface area contributed by atoms with Crippen molar-refractivity contribution >= 4 is 15.9 Å². The number of nitrogens with one attached hydrogen (secondary N) is 2. The van der Waals surface area contributed by atoms with Gasteiger partial charge in [0.25, 0.3) is 0 Å². The lowest BCUT2D eigenvalue weighted by molar-refractivity contribution is -0.122. The third-order valence-corrected chi connectivity index (χ3v) is 7.34. The van der Waals surface area contributed by atoms with Crippen LogP contribution in [0, 0.1) is 27.7 Å². The van der Waals surface area contributed by atoms with E-state index in [4.69, 9.17) is 14.2 Å². The van der Waals surface area contributed by atoms with Crippen LogP contribution in [0.5, 0.6) is 17.2 Å². The van der Waals surface area contributed by atoms with Crippen LogP contribution >= 0.6 is 0 Å². The van der Waals surface area contributed by atoms with E-state index in [2.05, 4.69) is 10.0 Å². The van der Waals surface area contributed by atoms with Crippen molar-refractivity contribution in [3.63, 3.8) is 0 Å². The van der Waals surface area contributed by atoms with E-state index >= 15 is 0 Å². The molecular formula is C23H32N2O6S. The minimum Gasteiger partial charge on any atom is -0.496 e. The van der Waals surface area contributed by atoms with E-state index in [0.29, 0.717) is 33.9 Å². The zero-order valence-corrected chi connectivity index (χ0v) is 20.7. The van der Waals surface area contributed by atoms with Gasteiger partial charge in [-0.2, -0.15) is 4.72 Å². The fraction of sp³-hybridized carbons (Fsp3) is 0.435.